The van der Waals surface area contributed by atoms with Crippen molar-refractivity contribution in [1.82, 2.24) is 10.2 Å². The predicted octanol–water partition coefficient (Wildman–Crippen LogP) is -0.534. The molecular weight excluding hydrogens is 218 g/mol. The summed E-state index contributed by atoms with van der Waals surface area (Å²) in [6.45, 7) is 1.70. The van der Waals surface area contributed by atoms with Gasteiger partial charge in [-0.25, -0.2) is 0 Å². The van der Waals surface area contributed by atoms with Crippen LogP contribution in [0.25, 0.3) is 0 Å². The number of primary amides is 1. The Hall–Kier alpha value is -1.54. The Morgan fingerprint density at radius 1 is 1.47 bits per heavy atom. The molecule has 1 heterocycles. The smallest absolute Gasteiger partial charge is 0.241 e. The average molecular weight is 237 g/mol. The fraction of sp³-hybridized carbons (Fsp3) is 0.667. The topological polar surface area (TPSA) is 75.4 Å². The fourth-order valence-corrected chi connectivity index (χ4v) is 1.90. The second kappa shape index (κ2) is 6.92. The maximum absolute atomic E-state index is 11.9. The molecule has 1 saturated heterocycles. The van der Waals surface area contributed by atoms with E-state index in [0.29, 0.717) is 32.5 Å². The third kappa shape index (κ3) is 4.08. The van der Waals surface area contributed by atoms with Crippen LogP contribution < -0.4 is 11.1 Å². The second-order valence-electron chi connectivity index (χ2n) is 4.12. The lowest BCUT2D eigenvalue weighted by molar-refractivity contribution is -0.140. The summed E-state index contributed by atoms with van der Waals surface area (Å²) in [5, 5.41) is 3.06. The van der Waals surface area contributed by atoms with Crippen LogP contribution in [0.2, 0.25) is 0 Å². The Bertz CT molecular complexity index is 322. The van der Waals surface area contributed by atoms with Gasteiger partial charge < -0.3 is 16.0 Å². The molecule has 1 unspecified atom stereocenters. The van der Waals surface area contributed by atoms with Crippen molar-refractivity contribution in [2.45, 2.75) is 31.7 Å². The number of hydrogen-bond acceptors (Lipinski definition) is 3. The number of piperazine rings is 1. The van der Waals surface area contributed by atoms with Crippen LogP contribution in [0.15, 0.2) is 0 Å². The number of carbonyl (C=O) groups is 2. The number of nitrogens with two attached hydrogens (primary N) is 1. The standard InChI is InChI=1S/C12H19N3O2/c1-2-3-4-5-6-11(16)15-8-7-14-9-10(15)12(13)17/h1,10,14H,3-9H2,(H2,13,17). The van der Waals surface area contributed by atoms with Gasteiger partial charge in [-0.15, -0.1) is 12.3 Å². The Morgan fingerprint density at radius 2 is 2.24 bits per heavy atom. The van der Waals surface area contributed by atoms with E-state index in [4.69, 9.17) is 12.2 Å². The largest absolute Gasteiger partial charge is 0.368 e. The Morgan fingerprint density at radius 3 is 2.88 bits per heavy atom. The van der Waals surface area contributed by atoms with Gasteiger partial charge in [-0.05, 0) is 12.8 Å². The number of amides is 2. The van der Waals surface area contributed by atoms with Gasteiger partial charge in [0.25, 0.3) is 0 Å². The highest BCUT2D eigenvalue weighted by Crippen LogP contribution is 2.08. The van der Waals surface area contributed by atoms with E-state index >= 15 is 0 Å². The summed E-state index contributed by atoms with van der Waals surface area (Å²) in [5.74, 6) is 2.08. The highest BCUT2D eigenvalue weighted by molar-refractivity contribution is 5.87. The lowest BCUT2D eigenvalue weighted by Crippen LogP contribution is -2.58. The number of rotatable bonds is 5. The van der Waals surface area contributed by atoms with E-state index < -0.39 is 11.9 Å². The van der Waals surface area contributed by atoms with Crippen LogP contribution in [0.4, 0.5) is 0 Å². The summed E-state index contributed by atoms with van der Waals surface area (Å²) < 4.78 is 0. The van der Waals surface area contributed by atoms with Crippen LogP contribution in [-0.2, 0) is 9.59 Å². The Kier molecular flexibility index (Phi) is 5.50. The molecule has 17 heavy (non-hydrogen) atoms. The number of hydrogen-bond donors (Lipinski definition) is 2. The van der Waals surface area contributed by atoms with E-state index in [-0.39, 0.29) is 5.91 Å². The van der Waals surface area contributed by atoms with Crippen molar-refractivity contribution >= 4 is 11.8 Å². The number of carbonyl (C=O) groups excluding carboxylic acids is 2. The molecule has 5 heteroatoms. The maximum atomic E-state index is 11.9. The average Bonchev–Trinajstić information content (AvgIpc) is 2.34. The number of terminal acetylenes is 1. The van der Waals surface area contributed by atoms with E-state index in [9.17, 15) is 9.59 Å². The lowest BCUT2D eigenvalue weighted by atomic mass is 10.1. The molecule has 94 valence electrons. The van der Waals surface area contributed by atoms with Crippen LogP contribution >= 0.6 is 0 Å². The van der Waals surface area contributed by atoms with Gasteiger partial charge in [-0.3, -0.25) is 9.59 Å². The molecule has 0 spiro atoms. The molecule has 3 N–H and O–H groups in total. The molecule has 0 aliphatic carbocycles. The van der Waals surface area contributed by atoms with Gasteiger partial charge in [-0.1, -0.05) is 0 Å². The molecule has 0 aromatic rings. The van der Waals surface area contributed by atoms with Crippen LogP contribution in [0.3, 0.4) is 0 Å². The van der Waals surface area contributed by atoms with E-state index in [1.165, 1.54) is 0 Å². The van der Waals surface area contributed by atoms with Crippen molar-refractivity contribution in [2.75, 3.05) is 19.6 Å². The van der Waals surface area contributed by atoms with E-state index in [2.05, 4.69) is 11.2 Å². The summed E-state index contributed by atoms with van der Waals surface area (Å²) >= 11 is 0. The summed E-state index contributed by atoms with van der Waals surface area (Å²) in [4.78, 5) is 24.7. The quantitative estimate of drug-likeness (QED) is 0.498. The van der Waals surface area contributed by atoms with Crippen molar-refractivity contribution in [1.29, 1.82) is 0 Å². The van der Waals surface area contributed by atoms with Gasteiger partial charge >= 0.3 is 0 Å². The minimum Gasteiger partial charge on any atom is -0.368 e. The molecule has 5 nitrogen and oxygen atoms in total. The molecule has 0 bridgehead atoms. The van der Waals surface area contributed by atoms with Crippen molar-refractivity contribution in [2.24, 2.45) is 5.73 Å². The van der Waals surface area contributed by atoms with Crippen LogP contribution in [0.5, 0.6) is 0 Å². The molecule has 1 rings (SSSR count). The summed E-state index contributed by atoms with van der Waals surface area (Å²) in [6, 6.07) is -0.510. The number of unbranched alkanes of at least 4 members (excludes halogenated alkanes) is 2. The molecule has 0 saturated carbocycles. The molecule has 2 amide bonds. The third-order valence-electron chi connectivity index (χ3n) is 2.85. The predicted molar refractivity (Wildman–Crippen MR) is 64.9 cm³/mol. The normalized spacial score (nSPS) is 19.7. The highest BCUT2D eigenvalue weighted by atomic mass is 16.2. The maximum Gasteiger partial charge on any atom is 0.241 e. The summed E-state index contributed by atoms with van der Waals surface area (Å²) in [6.07, 6.45) is 7.86. The van der Waals surface area contributed by atoms with Crippen molar-refractivity contribution in [3.8, 4) is 12.3 Å². The molecule has 0 radical (unpaired) electrons. The van der Waals surface area contributed by atoms with Gasteiger partial charge in [0.05, 0.1) is 0 Å². The molecule has 1 aliphatic rings. The number of nitrogens with zero attached hydrogens (tertiary/aromatic N) is 1. The summed E-state index contributed by atoms with van der Waals surface area (Å²) in [7, 11) is 0. The van der Waals surface area contributed by atoms with Crippen LogP contribution in [0, 0.1) is 12.3 Å². The van der Waals surface area contributed by atoms with Crippen LogP contribution in [-0.4, -0.2) is 42.4 Å². The van der Waals surface area contributed by atoms with E-state index in [1.54, 1.807) is 4.90 Å². The van der Waals surface area contributed by atoms with Crippen LogP contribution in [0.1, 0.15) is 25.7 Å². The first-order valence-corrected chi connectivity index (χ1v) is 5.89. The molecule has 1 aliphatic heterocycles. The highest BCUT2D eigenvalue weighted by Gasteiger charge is 2.29. The zero-order valence-electron chi connectivity index (χ0n) is 9.95. The zero-order valence-corrected chi connectivity index (χ0v) is 9.95. The van der Waals surface area contributed by atoms with Crippen molar-refractivity contribution < 1.29 is 9.59 Å². The van der Waals surface area contributed by atoms with Crippen molar-refractivity contribution in [3.63, 3.8) is 0 Å². The first-order valence-electron chi connectivity index (χ1n) is 5.89. The SMILES string of the molecule is C#CCCCCC(=O)N1CCNCC1C(N)=O. The lowest BCUT2D eigenvalue weighted by Gasteiger charge is -2.34. The monoisotopic (exact) mass is 237 g/mol. The molecule has 1 fully saturated rings. The molecule has 1 atom stereocenters. The number of nitrogens with one attached hydrogen (secondary N) is 1. The van der Waals surface area contributed by atoms with Gasteiger partial charge in [0.1, 0.15) is 6.04 Å². The Labute approximate surface area is 102 Å². The van der Waals surface area contributed by atoms with Crippen molar-refractivity contribution in [3.05, 3.63) is 0 Å². The first-order chi connectivity index (χ1) is 8.16. The zero-order chi connectivity index (χ0) is 12.7. The van der Waals surface area contributed by atoms with Gasteiger partial charge in [0.2, 0.25) is 11.8 Å². The van der Waals surface area contributed by atoms with Gasteiger partial charge in [-0.2, -0.15) is 0 Å². The molecular formula is C12H19N3O2. The fourth-order valence-electron chi connectivity index (χ4n) is 1.90. The first kappa shape index (κ1) is 13.5. The van der Waals surface area contributed by atoms with Gasteiger partial charge in [0.15, 0.2) is 0 Å². The van der Waals surface area contributed by atoms with Gasteiger partial charge in [0, 0.05) is 32.5 Å². The third-order valence-corrected chi connectivity index (χ3v) is 2.85. The summed E-state index contributed by atoms with van der Waals surface area (Å²) in [5.41, 5.74) is 5.27. The Balaban J connectivity index is 2.42. The minimum absolute atomic E-state index is 0.00711. The molecule has 0 aromatic heterocycles. The second-order valence-corrected chi connectivity index (χ2v) is 4.12. The van der Waals surface area contributed by atoms with E-state index in [0.717, 1.165) is 12.8 Å². The molecule has 0 aromatic carbocycles. The van der Waals surface area contributed by atoms with E-state index in [1.807, 2.05) is 0 Å². The minimum atomic E-state index is -0.510.